The van der Waals surface area contributed by atoms with Crippen LogP contribution in [-0.4, -0.2) is 25.7 Å². The van der Waals surface area contributed by atoms with Crippen molar-refractivity contribution in [2.24, 2.45) is 0 Å². The fraction of sp³-hybridized carbons (Fsp3) is 0.444. The zero-order valence-electron chi connectivity index (χ0n) is 9.01. The number of nitrogens with zero attached hydrogens (tertiary/aromatic N) is 2. The molecule has 0 saturated carbocycles. The van der Waals surface area contributed by atoms with Crippen molar-refractivity contribution in [1.29, 1.82) is 0 Å². The minimum atomic E-state index is -3.30. The van der Waals surface area contributed by atoms with E-state index in [1.165, 1.54) is 10.5 Å². The zero-order valence-corrected chi connectivity index (χ0v) is 9.82. The molecule has 0 aliphatic rings. The Morgan fingerprint density at radius 1 is 1.40 bits per heavy atom. The summed E-state index contributed by atoms with van der Waals surface area (Å²) in [5, 5.41) is 0. The quantitative estimate of drug-likeness (QED) is 0.833. The molecule has 0 unspecified atom stereocenters. The van der Waals surface area contributed by atoms with Crippen LogP contribution in [0.2, 0.25) is 0 Å². The molecule has 1 aromatic heterocycles. The molecule has 2 N–H and O–H groups in total. The Morgan fingerprint density at radius 3 is 2.33 bits per heavy atom. The van der Waals surface area contributed by atoms with Crippen LogP contribution in [0.15, 0.2) is 18.3 Å². The van der Waals surface area contributed by atoms with Crippen LogP contribution in [-0.2, 0) is 10.0 Å². The molecule has 84 valence electrons. The lowest BCUT2D eigenvalue weighted by molar-refractivity contribution is 0.589. The number of anilines is 2. The SMILES string of the molecule is CC(C)N(c1ccc(N)cn1)S(C)(=O)=O. The maximum atomic E-state index is 11.5. The number of aromatic nitrogens is 1. The van der Waals surface area contributed by atoms with Gasteiger partial charge >= 0.3 is 0 Å². The third-order valence-corrected chi connectivity index (χ3v) is 3.15. The molecular formula is C9H15N3O2S. The molecule has 0 aromatic carbocycles. The highest BCUT2D eigenvalue weighted by Crippen LogP contribution is 2.18. The molecule has 6 heteroatoms. The number of hydrogen-bond acceptors (Lipinski definition) is 4. The van der Waals surface area contributed by atoms with Crippen molar-refractivity contribution in [3.8, 4) is 0 Å². The first-order valence-corrected chi connectivity index (χ1v) is 6.38. The van der Waals surface area contributed by atoms with Crippen molar-refractivity contribution in [3.63, 3.8) is 0 Å². The number of pyridine rings is 1. The van der Waals surface area contributed by atoms with E-state index in [1.54, 1.807) is 26.0 Å². The van der Waals surface area contributed by atoms with Gasteiger partial charge in [0.1, 0.15) is 5.82 Å². The van der Waals surface area contributed by atoms with Gasteiger partial charge in [-0.3, -0.25) is 4.31 Å². The van der Waals surface area contributed by atoms with E-state index in [1.807, 2.05) is 0 Å². The summed E-state index contributed by atoms with van der Waals surface area (Å²) in [6, 6.07) is 3.05. The second-order valence-electron chi connectivity index (χ2n) is 3.60. The van der Waals surface area contributed by atoms with E-state index in [9.17, 15) is 8.42 Å². The molecule has 1 aromatic rings. The molecule has 5 nitrogen and oxygen atoms in total. The molecule has 15 heavy (non-hydrogen) atoms. The summed E-state index contributed by atoms with van der Waals surface area (Å²) in [5.41, 5.74) is 5.99. The van der Waals surface area contributed by atoms with E-state index >= 15 is 0 Å². The van der Waals surface area contributed by atoms with Gasteiger partial charge in [-0.1, -0.05) is 0 Å². The number of nitrogens with two attached hydrogens (primary N) is 1. The summed E-state index contributed by atoms with van der Waals surface area (Å²) < 4.78 is 24.3. The summed E-state index contributed by atoms with van der Waals surface area (Å²) in [7, 11) is -3.30. The lowest BCUT2D eigenvalue weighted by atomic mass is 10.3. The van der Waals surface area contributed by atoms with Crippen LogP contribution < -0.4 is 10.0 Å². The van der Waals surface area contributed by atoms with E-state index in [0.717, 1.165) is 6.26 Å². The first-order chi connectivity index (χ1) is 6.82. The van der Waals surface area contributed by atoms with Gasteiger partial charge in [0, 0.05) is 6.04 Å². The van der Waals surface area contributed by atoms with Gasteiger partial charge in [-0.05, 0) is 26.0 Å². The van der Waals surface area contributed by atoms with Crippen molar-refractivity contribution in [3.05, 3.63) is 18.3 Å². The Bertz CT molecular complexity index is 425. The highest BCUT2D eigenvalue weighted by Gasteiger charge is 2.21. The van der Waals surface area contributed by atoms with E-state index in [2.05, 4.69) is 4.98 Å². The van der Waals surface area contributed by atoms with Crippen molar-refractivity contribution in [2.75, 3.05) is 16.3 Å². The molecule has 0 atom stereocenters. The maximum absolute atomic E-state index is 11.5. The van der Waals surface area contributed by atoms with Gasteiger partial charge in [-0.2, -0.15) is 0 Å². The molecule has 1 heterocycles. The topological polar surface area (TPSA) is 76.3 Å². The zero-order chi connectivity index (χ0) is 11.6. The Labute approximate surface area is 90.0 Å². The number of rotatable bonds is 3. The molecular weight excluding hydrogens is 214 g/mol. The first kappa shape index (κ1) is 11.8. The maximum Gasteiger partial charge on any atom is 0.233 e. The highest BCUT2D eigenvalue weighted by atomic mass is 32.2. The molecule has 1 rings (SSSR count). The van der Waals surface area contributed by atoms with Gasteiger partial charge in [0.25, 0.3) is 0 Å². The van der Waals surface area contributed by atoms with Crippen molar-refractivity contribution in [2.45, 2.75) is 19.9 Å². The third kappa shape index (κ3) is 2.82. The summed E-state index contributed by atoms with van der Waals surface area (Å²) in [4.78, 5) is 3.99. The molecule has 0 fully saturated rings. The largest absolute Gasteiger partial charge is 0.397 e. The van der Waals surface area contributed by atoms with Gasteiger partial charge in [-0.25, -0.2) is 13.4 Å². The Hall–Kier alpha value is -1.30. The average molecular weight is 229 g/mol. The monoisotopic (exact) mass is 229 g/mol. The van der Waals surface area contributed by atoms with Crippen LogP contribution in [0.4, 0.5) is 11.5 Å². The molecule has 0 aliphatic carbocycles. The number of hydrogen-bond donors (Lipinski definition) is 1. The normalized spacial score (nSPS) is 11.7. The highest BCUT2D eigenvalue weighted by molar-refractivity contribution is 7.92. The molecule has 0 aliphatic heterocycles. The van der Waals surface area contributed by atoms with Gasteiger partial charge < -0.3 is 5.73 Å². The van der Waals surface area contributed by atoms with E-state index in [0.29, 0.717) is 11.5 Å². The third-order valence-electron chi connectivity index (χ3n) is 1.82. The first-order valence-electron chi connectivity index (χ1n) is 4.53. The standard InChI is InChI=1S/C9H15N3O2S/c1-7(2)12(15(3,13)14)9-5-4-8(10)6-11-9/h4-7H,10H2,1-3H3. The van der Waals surface area contributed by atoms with Crippen LogP contribution >= 0.6 is 0 Å². The van der Waals surface area contributed by atoms with Crippen LogP contribution in [0.3, 0.4) is 0 Å². The van der Waals surface area contributed by atoms with Crippen LogP contribution in [0.5, 0.6) is 0 Å². The fourth-order valence-electron chi connectivity index (χ4n) is 1.35. The van der Waals surface area contributed by atoms with E-state index in [4.69, 9.17) is 5.73 Å². The van der Waals surface area contributed by atoms with Gasteiger partial charge in [-0.15, -0.1) is 0 Å². The fourth-order valence-corrected chi connectivity index (χ4v) is 2.56. The predicted molar refractivity (Wildman–Crippen MR) is 61.1 cm³/mol. The summed E-state index contributed by atoms with van der Waals surface area (Å²) >= 11 is 0. The summed E-state index contributed by atoms with van der Waals surface area (Å²) in [6.45, 7) is 3.58. The van der Waals surface area contributed by atoms with Gasteiger partial charge in [0.2, 0.25) is 10.0 Å². The average Bonchev–Trinajstić information content (AvgIpc) is 2.05. The molecule has 0 radical (unpaired) electrons. The van der Waals surface area contributed by atoms with Crippen molar-refractivity contribution >= 4 is 21.5 Å². The predicted octanol–water partition coefficient (Wildman–Crippen LogP) is 0.838. The smallest absolute Gasteiger partial charge is 0.233 e. The number of sulfonamides is 1. The lowest BCUT2D eigenvalue weighted by Gasteiger charge is -2.25. The minimum Gasteiger partial charge on any atom is -0.397 e. The molecule has 0 bridgehead atoms. The van der Waals surface area contributed by atoms with Crippen LogP contribution in [0.25, 0.3) is 0 Å². The van der Waals surface area contributed by atoms with Gasteiger partial charge in [0.05, 0.1) is 18.1 Å². The van der Waals surface area contributed by atoms with Crippen LogP contribution in [0, 0.1) is 0 Å². The van der Waals surface area contributed by atoms with Gasteiger partial charge in [0.15, 0.2) is 0 Å². The second kappa shape index (κ2) is 4.06. The summed E-state index contributed by atoms with van der Waals surface area (Å²) in [5.74, 6) is 0.390. The Kier molecular flexibility index (Phi) is 3.18. The minimum absolute atomic E-state index is 0.170. The van der Waals surface area contributed by atoms with Crippen molar-refractivity contribution < 1.29 is 8.42 Å². The summed E-state index contributed by atoms with van der Waals surface area (Å²) in [6.07, 6.45) is 2.60. The molecule has 0 saturated heterocycles. The molecule has 0 amide bonds. The number of nitrogen functional groups attached to an aromatic ring is 1. The van der Waals surface area contributed by atoms with Crippen molar-refractivity contribution in [1.82, 2.24) is 4.98 Å². The molecule has 0 spiro atoms. The van der Waals surface area contributed by atoms with E-state index in [-0.39, 0.29) is 6.04 Å². The Morgan fingerprint density at radius 2 is 2.00 bits per heavy atom. The van der Waals surface area contributed by atoms with E-state index < -0.39 is 10.0 Å². The second-order valence-corrected chi connectivity index (χ2v) is 5.46. The van der Waals surface area contributed by atoms with Crippen LogP contribution in [0.1, 0.15) is 13.8 Å². The Balaban J connectivity index is 3.17. The lowest BCUT2D eigenvalue weighted by Crippen LogP contribution is -2.36.